The van der Waals surface area contributed by atoms with E-state index < -0.39 is 0 Å². The van der Waals surface area contributed by atoms with Crippen molar-refractivity contribution in [1.29, 1.82) is 0 Å². The van der Waals surface area contributed by atoms with Crippen LogP contribution in [0, 0.1) is 0 Å². The van der Waals surface area contributed by atoms with E-state index in [9.17, 15) is 4.79 Å². The monoisotopic (exact) mass is 155 g/mol. The van der Waals surface area contributed by atoms with Crippen molar-refractivity contribution >= 4 is 5.91 Å². The van der Waals surface area contributed by atoms with Crippen LogP contribution in [0.4, 0.5) is 0 Å². The highest BCUT2D eigenvalue weighted by Crippen LogP contribution is 1.89. The Balaban J connectivity index is 2.19. The topological polar surface area (TPSA) is 68.0 Å². The highest BCUT2D eigenvalue weighted by atomic mass is 16.5. The lowest BCUT2D eigenvalue weighted by Gasteiger charge is -1.95. The van der Waals surface area contributed by atoms with Gasteiger partial charge in [-0.1, -0.05) is 5.16 Å². The minimum Gasteiger partial charge on any atom is -0.356 e. The zero-order chi connectivity index (χ0) is 8.10. The summed E-state index contributed by atoms with van der Waals surface area (Å²) in [6.45, 7) is 2.01. The van der Waals surface area contributed by atoms with E-state index in [0.717, 1.165) is 0 Å². The van der Waals surface area contributed by atoms with Gasteiger partial charge in [0.2, 0.25) is 11.8 Å². The van der Waals surface area contributed by atoms with Crippen LogP contribution >= 0.6 is 0 Å². The van der Waals surface area contributed by atoms with Gasteiger partial charge in [0, 0.05) is 19.9 Å². The van der Waals surface area contributed by atoms with Gasteiger partial charge in [0.25, 0.3) is 0 Å². The molecule has 11 heavy (non-hydrogen) atoms. The Morgan fingerprint density at radius 3 is 3.18 bits per heavy atom. The van der Waals surface area contributed by atoms with E-state index >= 15 is 0 Å². The maximum atomic E-state index is 10.4. The van der Waals surface area contributed by atoms with Crippen LogP contribution in [0.3, 0.4) is 0 Å². The molecule has 0 aliphatic heterocycles. The second-order valence-electron chi connectivity index (χ2n) is 2.07. The van der Waals surface area contributed by atoms with Gasteiger partial charge >= 0.3 is 0 Å². The smallest absolute Gasteiger partial charge is 0.228 e. The first-order valence-corrected chi connectivity index (χ1v) is 3.29. The van der Waals surface area contributed by atoms with Gasteiger partial charge in [-0.15, -0.1) is 0 Å². The van der Waals surface area contributed by atoms with Crippen molar-refractivity contribution in [2.45, 2.75) is 13.3 Å². The fraction of sp³-hybridized carbons (Fsp3) is 0.500. The molecular weight excluding hydrogens is 146 g/mol. The molecule has 0 saturated heterocycles. The van der Waals surface area contributed by atoms with Crippen molar-refractivity contribution in [3.05, 3.63) is 12.2 Å². The summed E-state index contributed by atoms with van der Waals surface area (Å²) in [5, 5.41) is 6.04. The zero-order valence-corrected chi connectivity index (χ0v) is 6.20. The number of hydrogen-bond donors (Lipinski definition) is 1. The maximum absolute atomic E-state index is 10.4. The molecule has 0 saturated carbocycles. The van der Waals surface area contributed by atoms with Crippen LogP contribution in [0.15, 0.2) is 10.9 Å². The second kappa shape index (κ2) is 3.70. The zero-order valence-electron chi connectivity index (χ0n) is 6.20. The molecule has 5 heteroatoms. The summed E-state index contributed by atoms with van der Waals surface area (Å²) in [7, 11) is 0. The second-order valence-corrected chi connectivity index (χ2v) is 2.07. The minimum atomic E-state index is -0.0514. The summed E-state index contributed by atoms with van der Waals surface area (Å²) < 4.78 is 4.70. The Morgan fingerprint density at radius 1 is 1.82 bits per heavy atom. The van der Waals surface area contributed by atoms with Crippen LogP contribution in [0.2, 0.25) is 0 Å². The predicted octanol–water partition coefficient (Wildman–Crippen LogP) is -0.252. The fourth-order valence-corrected chi connectivity index (χ4v) is 0.652. The molecular formula is C6H9N3O2. The lowest BCUT2D eigenvalue weighted by atomic mass is 10.4. The Hall–Kier alpha value is -1.39. The number of amides is 1. The molecule has 0 aliphatic carbocycles. The molecule has 0 aromatic carbocycles. The highest BCUT2D eigenvalue weighted by molar-refractivity contribution is 5.72. The number of nitrogens with zero attached hydrogens (tertiary/aromatic N) is 2. The van der Waals surface area contributed by atoms with E-state index in [2.05, 4.69) is 15.5 Å². The molecule has 0 aliphatic rings. The third-order valence-corrected chi connectivity index (χ3v) is 1.12. The normalized spacial score (nSPS) is 9.55. The first-order valence-electron chi connectivity index (χ1n) is 3.29. The molecule has 0 spiro atoms. The number of carbonyl (C=O) groups excluding carboxylic acids is 1. The number of aromatic nitrogens is 2. The van der Waals surface area contributed by atoms with E-state index in [0.29, 0.717) is 18.9 Å². The molecule has 1 N–H and O–H groups in total. The van der Waals surface area contributed by atoms with Crippen LogP contribution in [-0.4, -0.2) is 22.6 Å². The minimum absolute atomic E-state index is 0.0514. The molecule has 0 atom stereocenters. The van der Waals surface area contributed by atoms with Crippen molar-refractivity contribution < 1.29 is 9.32 Å². The predicted molar refractivity (Wildman–Crippen MR) is 36.7 cm³/mol. The van der Waals surface area contributed by atoms with Crippen molar-refractivity contribution in [1.82, 2.24) is 15.5 Å². The molecule has 1 rings (SSSR count). The van der Waals surface area contributed by atoms with Crippen LogP contribution in [0.25, 0.3) is 0 Å². The van der Waals surface area contributed by atoms with E-state index in [4.69, 9.17) is 4.52 Å². The van der Waals surface area contributed by atoms with E-state index in [-0.39, 0.29) is 5.91 Å². The van der Waals surface area contributed by atoms with Gasteiger partial charge in [-0.3, -0.25) is 4.79 Å². The standard InChI is InChI=1S/C6H9N3O2/c1-5(10)7-3-2-6-8-4-9-11-6/h4H,2-3H2,1H3,(H,7,10). The highest BCUT2D eigenvalue weighted by Gasteiger charge is 1.97. The first-order chi connectivity index (χ1) is 5.29. The molecule has 0 fully saturated rings. The first kappa shape index (κ1) is 7.71. The summed E-state index contributed by atoms with van der Waals surface area (Å²) in [6.07, 6.45) is 1.92. The molecule has 5 nitrogen and oxygen atoms in total. The summed E-state index contributed by atoms with van der Waals surface area (Å²) in [5.41, 5.74) is 0. The Labute approximate surface area is 63.8 Å². The third-order valence-electron chi connectivity index (χ3n) is 1.12. The van der Waals surface area contributed by atoms with Crippen molar-refractivity contribution in [2.75, 3.05) is 6.54 Å². The molecule has 0 unspecified atom stereocenters. The lowest BCUT2D eigenvalue weighted by Crippen LogP contribution is -2.22. The molecule has 1 heterocycles. The number of nitrogens with one attached hydrogen (secondary N) is 1. The average molecular weight is 155 g/mol. The van der Waals surface area contributed by atoms with Gasteiger partial charge in [0.1, 0.15) is 0 Å². The Bertz CT molecular complexity index is 220. The van der Waals surface area contributed by atoms with Crippen molar-refractivity contribution in [3.8, 4) is 0 Å². The summed E-state index contributed by atoms with van der Waals surface area (Å²) in [6, 6.07) is 0. The molecule has 0 bridgehead atoms. The number of hydrogen-bond acceptors (Lipinski definition) is 4. The van der Waals surface area contributed by atoms with E-state index in [1.54, 1.807) is 0 Å². The quantitative estimate of drug-likeness (QED) is 0.653. The number of carbonyl (C=O) groups is 1. The Kier molecular flexibility index (Phi) is 2.59. The van der Waals surface area contributed by atoms with Crippen molar-refractivity contribution in [3.63, 3.8) is 0 Å². The molecule has 60 valence electrons. The van der Waals surface area contributed by atoms with Gasteiger partial charge in [0.05, 0.1) is 0 Å². The molecule has 0 radical (unpaired) electrons. The molecule has 1 aromatic rings. The van der Waals surface area contributed by atoms with Crippen molar-refractivity contribution in [2.24, 2.45) is 0 Å². The van der Waals surface area contributed by atoms with Crippen LogP contribution in [-0.2, 0) is 11.2 Å². The lowest BCUT2D eigenvalue weighted by molar-refractivity contribution is -0.118. The van der Waals surface area contributed by atoms with Gasteiger partial charge in [-0.25, -0.2) is 0 Å². The summed E-state index contributed by atoms with van der Waals surface area (Å²) >= 11 is 0. The fourth-order valence-electron chi connectivity index (χ4n) is 0.652. The SMILES string of the molecule is CC(=O)NCCc1ncno1. The van der Waals surface area contributed by atoms with E-state index in [1.807, 2.05) is 0 Å². The molecule has 1 aromatic heterocycles. The van der Waals surface area contributed by atoms with Crippen LogP contribution < -0.4 is 5.32 Å². The molecule has 1 amide bonds. The summed E-state index contributed by atoms with van der Waals surface area (Å²) in [4.78, 5) is 14.2. The largest absolute Gasteiger partial charge is 0.356 e. The third kappa shape index (κ3) is 2.79. The van der Waals surface area contributed by atoms with Gasteiger partial charge in [-0.05, 0) is 0 Å². The van der Waals surface area contributed by atoms with Crippen LogP contribution in [0.5, 0.6) is 0 Å². The number of rotatable bonds is 3. The van der Waals surface area contributed by atoms with Gasteiger partial charge in [0.15, 0.2) is 6.33 Å². The van der Waals surface area contributed by atoms with E-state index in [1.165, 1.54) is 13.3 Å². The maximum Gasteiger partial charge on any atom is 0.228 e. The van der Waals surface area contributed by atoms with Gasteiger partial charge < -0.3 is 9.84 Å². The van der Waals surface area contributed by atoms with Gasteiger partial charge in [-0.2, -0.15) is 4.98 Å². The summed E-state index contributed by atoms with van der Waals surface area (Å²) in [5.74, 6) is 0.489. The Morgan fingerprint density at radius 2 is 2.64 bits per heavy atom. The van der Waals surface area contributed by atoms with Crippen LogP contribution in [0.1, 0.15) is 12.8 Å². The average Bonchev–Trinajstić information content (AvgIpc) is 2.39.